The van der Waals surface area contributed by atoms with Gasteiger partial charge < -0.3 is 16.2 Å². The van der Waals surface area contributed by atoms with Gasteiger partial charge in [0, 0.05) is 18.5 Å². The molecule has 1 rings (SSSR count). The van der Waals surface area contributed by atoms with E-state index in [0.29, 0.717) is 25.2 Å². The summed E-state index contributed by atoms with van der Waals surface area (Å²) in [5.74, 6) is -0.216. The fourth-order valence-corrected chi connectivity index (χ4v) is 1.65. The molecule has 0 saturated carbocycles. The molecule has 0 bridgehead atoms. The monoisotopic (exact) mass is 229 g/mol. The molecule has 0 aliphatic heterocycles. The highest BCUT2D eigenvalue weighted by atomic mass is 32.1. The minimum Gasteiger partial charge on any atom is -0.393 e. The van der Waals surface area contributed by atoms with Crippen LogP contribution in [-0.4, -0.2) is 28.6 Å². The van der Waals surface area contributed by atoms with Crippen LogP contribution in [0.4, 0.5) is 0 Å². The minimum absolute atomic E-state index is 0.216. The molecule has 0 saturated heterocycles. The van der Waals surface area contributed by atoms with Crippen molar-refractivity contribution in [3.63, 3.8) is 0 Å². The number of carbonyl (C=O) groups is 1. The van der Waals surface area contributed by atoms with E-state index in [2.05, 4.69) is 10.3 Å². The van der Waals surface area contributed by atoms with Crippen molar-refractivity contribution in [3.05, 3.63) is 16.1 Å². The number of aliphatic hydroxyl groups excluding tert-OH is 1. The van der Waals surface area contributed by atoms with Crippen LogP contribution >= 0.6 is 11.3 Å². The zero-order valence-corrected chi connectivity index (χ0v) is 9.38. The number of nitrogens with two attached hydrogens (primary N) is 1. The van der Waals surface area contributed by atoms with Crippen molar-refractivity contribution >= 4 is 17.2 Å². The van der Waals surface area contributed by atoms with E-state index in [9.17, 15) is 4.79 Å². The first-order valence-electron chi connectivity index (χ1n) is 4.74. The molecule has 0 radical (unpaired) electrons. The van der Waals surface area contributed by atoms with E-state index in [1.54, 1.807) is 12.3 Å². The Kier molecular flexibility index (Phi) is 4.67. The van der Waals surface area contributed by atoms with Gasteiger partial charge in [-0.05, 0) is 13.3 Å². The average Bonchev–Trinajstić information content (AvgIpc) is 2.65. The Hall–Kier alpha value is -0.980. The maximum Gasteiger partial charge on any atom is 0.270 e. The van der Waals surface area contributed by atoms with Gasteiger partial charge in [-0.2, -0.15) is 0 Å². The molecule has 84 valence electrons. The molecule has 1 aromatic heterocycles. The Bertz CT molecular complexity index is 325. The second-order valence-corrected chi connectivity index (χ2v) is 4.17. The molecule has 0 fully saturated rings. The van der Waals surface area contributed by atoms with E-state index >= 15 is 0 Å². The summed E-state index contributed by atoms with van der Waals surface area (Å²) in [5, 5.41) is 14.1. The van der Waals surface area contributed by atoms with Gasteiger partial charge in [0.1, 0.15) is 10.7 Å². The highest BCUT2D eigenvalue weighted by Crippen LogP contribution is 2.08. The topological polar surface area (TPSA) is 88.2 Å². The molecule has 1 unspecified atom stereocenters. The minimum atomic E-state index is -0.402. The van der Waals surface area contributed by atoms with Crippen LogP contribution in [0, 0.1) is 0 Å². The molecule has 1 aromatic rings. The predicted molar refractivity (Wildman–Crippen MR) is 58.6 cm³/mol. The number of amides is 1. The first kappa shape index (κ1) is 12.1. The van der Waals surface area contributed by atoms with Crippen molar-refractivity contribution in [2.24, 2.45) is 5.73 Å². The van der Waals surface area contributed by atoms with Gasteiger partial charge in [0.2, 0.25) is 0 Å². The average molecular weight is 229 g/mol. The zero-order valence-electron chi connectivity index (χ0n) is 8.56. The number of thiazole rings is 1. The highest BCUT2D eigenvalue weighted by molar-refractivity contribution is 7.09. The molecule has 1 heterocycles. The van der Waals surface area contributed by atoms with Gasteiger partial charge in [-0.1, -0.05) is 0 Å². The number of aliphatic hydroxyl groups is 1. The van der Waals surface area contributed by atoms with Crippen LogP contribution in [-0.2, 0) is 6.54 Å². The molecule has 15 heavy (non-hydrogen) atoms. The van der Waals surface area contributed by atoms with Crippen LogP contribution in [0.3, 0.4) is 0 Å². The molecule has 0 aliphatic carbocycles. The first-order chi connectivity index (χ1) is 7.13. The third-order valence-corrected chi connectivity index (χ3v) is 2.68. The molecule has 0 aliphatic rings. The lowest BCUT2D eigenvalue weighted by Gasteiger charge is -2.04. The van der Waals surface area contributed by atoms with E-state index in [1.807, 2.05) is 0 Å². The fraction of sp³-hybridized carbons (Fsp3) is 0.556. The third-order valence-electron chi connectivity index (χ3n) is 1.81. The predicted octanol–water partition coefficient (Wildman–Crippen LogP) is 0.103. The Balaban J connectivity index is 2.40. The Morgan fingerprint density at radius 3 is 3.07 bits per heavy atom. The summed E-state index contributed by atoms with van der Waals surface area (Å²) in [5.41, 5.74) is 5.78. The van der Waals surface area contributed by atoms with Crippen molar-refractivity contribution in [3.8, 4) is 0 Å². The summed E-state index contributed by atoms with van der Waals surface area (Å²) < 4.78 is 0. The van der Waals surface area contributed by atoms with Gasteiger partial charge in [-0.25, -0.2) is 4.98 Å². The number of rotatable bonds is 5. The molecular formula is C9H15N3O2S. The van der Waals surface area contributed by atoms with Gasteiger partial charge in [0.25, 0.3) is 5.91 Å². The Morgan fingerprint density at radius 2 is 2.53 bits per heavy atom. The molecule has 4 N–H and O–H groups in total. The van der Waals surface area contributed by atoms with Gasteiger partial charge in [0.15, 0.2) is 0 Å². The van der Waals surface area contributed by atoms with E-state index in [1.165, 1.54) is 11.3 Å². The van der Waals surface area contributed by atoms with Crippen LogP contribution in [0.1, 0.15) is 28.8 Å². The maximum absolute atomic E-state index is 11.5. The van der Waals surface area contributed by atoms with Crippen molar-refractivity contribution < 1.29 is 9.90 Å². The van der Waals surface area contributed by atoms with Gasteiger partial charge in [-0.3, -0.25) is 4.79 Å². The maximum atomic E-state index is 11.5. The van der Waals surface area contributed by atoms with Crippen LogP contribution in [0.25, 0.3) is 0 Å². The molecule has 5 nitrogen and oxygen atoms in total. The summed E-state index contributed by atoms with van der Waals surface area (Å²) in [4.78, 5) is 15.5. The van der Waals surface area contributed by atoms with E-state index in [0.717, 1.165) is 5.01 Å². The number of carbonyl (C=O) groups excluding carboxylic acids is 1. The lowest BCUT2D eigenvalue weighted by atomic mass is 10.3. The summed E-state index contributed by atoms with van der Waals surface area (Å²) in [6, 6.07) is 0. The number of hydrogen-bond acceptors (Lipinski definition) is 5. The number of nitrogens with zero attached hydrogens (tertiary/aromatic N) is 1. The van der Waals surface area contributed by atoms with Gasteiger partial charge in [0.05, 0.1) is 6.10 Å². The fourth-order valence-electron chi connectivity index (χ4n) is 0.994. The molecule has 1 atom stereocenters. The van der Waals surface area contributed by atoms with Gasteiger partial charge >= 0.3 is 0 Å². The van der Waals surface area contributed by atoms with E-state index in [-0.39, 0.29) is 5.91 Å². The number of nitrogens with one attached hydrogen (secondary N) is 1. The zero-order chi connectivity index (χ0) is 11.3. The van der Waals surface area contributed by atoms with Crippen LogP contribution < -0.4 is 11.1 Å². The van der Waals surface area contributed by atoms with Crippen LogP contribution in [0.5, 0.6) is 0 Å². The third kappa shape index (κ3) is 3.94. The summed E-state index contributed by atoms with van der Waals surface area (Å²) >= 11 is 1.37. The second kappa shape index (κ2) is 5.79. The Labute approximate surface area is 92.3 Å². The van der Waals surface area contributed by atoms with Crippen molar-refractivity contribution in [2.75, 3.05) is 6.54 Å². The molecule has 1 amide bonds. The number of hydrogen-bond donors (Lipinski definition) is 3. The van der Waals surface area contributed by atoms with E-state index < -0.39 is 6.10 Å². The first-order valence-corrected chi connectivity index (χ1v) is 5.62. The van der Waals surface area contributed by atoms with Crippen molar-refractivity contribution in [1.82, 2.24) is 10.3 Å². The SMILES string of the molecule is CC(O)CCNC(=O)c1csc(CN)n1. The Morgan fingerprint density at radius 1 is 1.80 bits per heavy atom. The summed E-state index contributed by atoms with van der Waals surface area (Å²) in [6.45, 7) is 2.49. The standard InChI is InChI=1S/C9H15N3O2S/c1-6(13)2-3-11-9(14)7-5-15-8(4-10)12-7/h5-6,13H,2-4,10H2,1H3,(H,11,14). The number of aromatic nitrogens is 1. The second-order valence-electron chi connectivity index (χ2n) is 3.22. The smallest absolute Gasteiger partial charge is 0.270 e. The summed E-state index contributed by atoms with van der Waals surface area (Å²) in [7, 11) is 0. The van der Waals surface area contributed by atoms with Crippen molar-refractivity contribution in [1.29, 1.82) is 0 Å². The van der Waals surface area contributed by atoms with Crippen LogP contribution in [0.15, 0.2) is 5.38 Å². The molecule has 0 aromatic carbocycles. The van der Waals surface area contributed by atoms with E-state index in [4.69, 9.17) is 10.8 Å². The lowest BCUT2D eigenvalue weighted by Crippen LogP contribution is -2.26. The van der Waals surface area contributed by atoms with Crippen LogP contribution in [0.2, 0.25) is 0 Å². The highest BCUT2D eigenvalue weighted by Gasteiger charge is 2.09. The quantitative estimate of drug-likeness (QED) is 0.668. The largest absolute Gasteiger partial charge is 0.393 e. The molecule has 6 heteroatoms. The normalized spacial score (nSPS) is 12.5. The summed E-state index contributed by atoms with van der Waals surface area (Å²) in [6.07, 6.45) is 0.139. The van der Waals surface area contributed by atoms with Crippen molar-refractivity contribution in [2.45, 2.75) is 26.0 Å². The lowest BCUT2D eigenvalue weighted by molar-refractivity contribution is 0.0941. The van der Waals surface area contributed by atoms with Gasteiger partial charge in [-0.15, -0.1) is 11.3 Å². The molecule has 0 spiro atoms. The molecular weight excluding hydrogens is 214 g/mol.